The summed E-state index contributed by atoms with van der Waals surface area (Å²) in [6, 6.07) is 7.79. The highest BCUT2D eigenvalue weighted by Crippen LogP contribution is 2.24. The standard InChI is InChI=1S/C16H24N2O2/c1-2-12-6-5-8-14(10-12)17-16(20)18-15-9-4-3-7-13(15)11-19/h5-6,8,10,13,15,19H,2-4,7,9,11H2,1H3,(H2,17,18,20). The van der Waals surface area contributed by atoms with Gasteiger partial charge in [-0.05, 0) is 37.0 Å². The summed E-state index contributed by atoms with van der Waals surface area (Å²) in [6.45, 7) is 2.24. The summed E-state index contributed by atoms with van der Waals surface area (Å²) >= 11 is 0. The largest absolute Gasteiger partial charge is 0.396 e. The summed E-state index contributed by atoms with van der Waals surface area (Å²) in [7, 11) is 0. The molecule has 4 heteroatoms. The van der Waals surface area contributed by atoms with Gasteiger partial charge in [-0.2, -0.15) is 0 Å². The van der Waals surface area contributed by atoms with E-state index >= 15 is 0 Å². The van der Waals surface area contributed by atoms with Crippen LogP contribution in [0.5, 0.6) is 0 Å². The van der Waals surface area contributed by atoms with E-state index in [1.165, 1.54) is 5.56 Å². The molecule has 2 rings (SSSR count). The Morgan fingerprint density at radius 1 is 1.35 bits per heavy atom. The van der Waals surface area contributed by atoms with Gasteiger partial charge in [-0.15, -0.1) is 0 Å². The number of benzene rings is 1. The van der Waals surface area contributed by atoms with Crippen LogP contribution in [0.3, 0.4) is 0 Å². The molecule has 0 saturated heterocycles. The number of carbonyl (C=O) groups excluding carboxylic acids is 1. The van der Waals surface area contributed by atoms with Gasteiger partial charge in [0.25, 0.3) is 0 Å². The van der Waals surface area contributed by atoms with Crippen molar-refractivity contribution in [1.82, 2.24) is 5.32 Å². The summed E-state index contributed by atoms with van der Waals surface area (Å²) in [5.74, 6) is 0.191. The molecule has 0 radical (unpaired) electrons. The van der Waals surface area contributed by atoms with Crippen LogP contribution in [-0.2, 0) is 6.42 Å². The number of urea groups is 1. The first-order chi connectivity index (χ1) is 9.72. The highest BCUT2D eigenvalue weighted by molar-refractivity contribution is 5.89. The average molecular weight is 276 g/mol. The molecule has 20 heavy (non-hydrogen) atoms. The number of aliphatic hydroxyl groups excluding tert-OH is 1. The Hall–Kier alpha value is -1.55. The van der Waals surface area contributed by atoms with E-state index in [0.29, 0.717) is 0 Å². The molecule has 1 fully saturated rings. The SMILES string of the molecule is CCc1cccc(NC(=O)NC2CCCCC2CO)c1. The van der Waals surface area contributed by atoms with Crippen LogP contribution in [0.2, 0.25) is 0 Å². The number of hydrogen-bond donors (Lipinski definition) is 3. The molecule has 3 N–H and O–H groups in total. The lowest BCUT2D eigenvalue weighted by Crippen LogP contribution is -2.45. The van der Waals surface area contributed by atoms with Gasteiger partial charge < -0.3 is 15.7 Å². The van der Waals surface area contributed by atoms with Crippen LogP contribution in [0.1, 0.15) is 38.2 Å². The minimum Gasteiger partial charge on any atom is -0.396 e. The van der Waals surface area contributed by atoms with E-state index in [1.54, 1.807) is 0 Å². The molecule has 0 aliphatic heterocycles. The molecule has 110 valence electrons. The maximum Gasteiger partial charge on any atom is 0.319 e. The number of aryl methyl sites for hydroxylation is 1. The minimum atomic E-state index is -0.177. The Kier molecular flexibility index (Phi) is 5.41. The Bertz CT molecular complexity index is 448. The summed E-state index contributed by atoms with van der Waals surface area (Å²) in [5, 5.41) is 15.2. The second-order valence-corrected chi connectivity index (χ2v) is 5.49. The van der Waals surface area contributed by atoms with Crippen molar-refractivity contribution in [3.05, 3.63) is 29.8 Å². The third-order valence-corrected chi connectivity index (χ3v) is 4.05. The molecule has 1 aliphatic carbocycles. The minimum absolute atomic E-state index is 0.0862. The average Bonchev–Trinajstić information content (AvgIpc) is 2.48. The van der Waals surface area contributed by atoms with E-state index in [0.717, 1.165) is 37.8 Å². The van der Waals surface area contributed by atoms with Crippen LogP contribution in [0, 0.1) is 5.92 Å². The highest BCUT2D eigenvalue weighted by Gasteiger charge is 2.25. The smallest absolute Gasteiger partial charge is 0.319 e. The predicted octanol–water partition coefficient (Wildman–Crippen LogP) is 2.92. The van der Waals surface area contributed by atoms with E-state index in [1.807, 2.05) is 24.3 Å². The molecular weight excluding hydrogens is 252 g/mol. The van der Waals surface area contributed by atoms with E-state index in [9.17, 15) is 9.90 Å². The van der Waals surface area contributed by atoms with Gasteiger partial charge in [0.15, 0.2) is 0 Å². The van der Waals surface area contributed by atoms with Crippen LogP contribution >= 0.6 is 0 Å². The normalized spacial score (nSPS) is 22.3. The van der Waals surface area contributed by atoms with Crippen molar-refractivity contribution in [2.45, 2.75) is 45.1 Å². The third kappa shape index (κ3) is 3.97. The molecule has 0 aromatic heterocycles. The first-order valence-corrected chi connectivity index (χ1v) is 7.50. The fourth-order valence-corrected chi connectivity index (χ4v) is 2.82. The Morgan fingerprint density at radius 2 is 2.15 bits per heavy atom. The van der Waals surface area contributed by atoms with Gasteiger partial charge in [-0.3, -0.25) is 0 Å². The lowest BCUT2D eigenvalue weighted by atomic mass is 9.85. The topological polar surface area (TPSA) is 61.4 Å². The molecule has 0 bridgehead atoms. The number of hydrogen-bond acceptors (Lipinski definition) is 2. The molecule has 1 aliphatic rings. The number of nitrogens with one attached hydrogen (secondary N) is 2. The Labute approximate surface area is 120 Å². The number of anilines is 1. The molecule has 1 aromatic rings. The molecule has 0 spiro atoms. The molecule has 2 amide bonds. The maximum absolute atomic E-state index is 12.0. The van der Waals surface area contributed by atoms with Gasteiger partial charge in [0, 0.05) is 24.3 Å². The molecule has 1 saturated carbocycles. The first kappa shape index (κ1) is 14.9. The van der Waals surface area contributed by atoms with Gasteiger partial charge in [0.05, 0.1) is 0 Å². The first-order valence-electron chi connectivity index (χ1n) is 7.50. The molecule has 4 nitrogen and oxygen atoms in total. The van der Waals surface area contributed by atoms with E-state index in [2.05, 4.69) is 17.6 Å². The van der Waals surface area contributed by atoms with Gasteiger partial charge >= 0.3 is 6.03 Å². The second kappa shape index (κ2) is 7.29. The number of rotatable bonds is 4. The zero-order chi connectivity index (χ0) is 14.4. The zero-order valence-corrected chi connectivity index (χ0v) is 12.1. The summed E-state index contributed by atoms with van der Waals surface area (Å²) in [6.07, 6.45) is 5.16. The maximum atomic E-state index is 12.0. The highest BCUT2D eigenvalue weighted by atomic mass is 16.3. The summed E-state index contributed by atoms with van der Waals surface area (Å²) in [5.41, 5.74) is 2.02. The van der Waals surface area contributed by atoms with Crippen molar-refractivity contribution in [2.24, 2.45) is 5.92 Å². The number of amides is 2. The van der Waals surface area contributed by atoms with Crippen molar-refractivity contribution < 1.29 is 9.90 Å². The molecule has 0 heterocycles. The van der Waals surface area contributed by atoms with Crippen LogP contribution < -0.4 is 10.6 Å². The quantitative estimate of drug-likeness (QED) is 0.792. The van der Waals surface area contributed by atoms with E-state index in [4.69, 9.17) is 0 Å². The molecule has 1 aromatic carbocycles. The van der Waals surface area contributed by atoms with Gasteiger partial charge in [0.1, 0.15) is 0 Å². The van der Waals surface area contributed by atoms with Crippen LogP contribution in [-0.4, -0.2) is 23.8 Å². The number of carbonyl (C=O) groups is 1. The Morgan fingerprint density at radius 3 is 2.90 bits per heavy atom. The Balaban J connectivity index is 1.90. The van der Waals surface area contributed by atoms with Crippen molar-refractivity contribution in [3.8, 4) is 0 Å². The second-order valence-electron chi connectivity index (χ2n) is 5.49. The molecule has 2 atom stereocenters. The van der Waals surface area contributed by atoms with Crippen molar-refractivity contribution in [3.63, 3.8) is 0 Å². The fourth-order valence-electron chi connectivity index (χ4n) is 2.82. The zero-order valence-electron chi connectivity index (χ0n) is 12.1. The van der Waals surface area contributed by atoms with Crippen molar-refractivity contribution >= 4 is 11.7 Å². The van der Waals surface area contributed by atoms with E-state index in [-0.39, 0.29) is 24.6 Å². The van der Waals surface area contributed by atoms with Crippen molar-refractivity contribution in [1.29, 1.82) is 0 Å². The lowest BCUT2D eigenvalue weighted by molar-refractivity contribution is 0.156. The molecular formula is C16H24N2O2. The predicted molar refractivity (Wildman–Crippen MR) is 80.8 cm³/mol. The van der Waals surface area contributed by atoms with Crippen LogP contribution in [0.15, 0.2) is 24.3 Å². The van der Waals surface area contributed by atoms with Crippen molar-refractivity contribution in [2.75, 3.05) is 11.9 Å². The number of aliphatic hydroxyl groups is 1. The van der Waals surface area contributed by atoms with Gasteiger partial charge in [0.2, 0.25) is 0 Å². The monoisotopic (exact) mass is 276 g/mol. The lowest BCUT2D eigenvalue weighted by Gasteiger charge is -2.30. The third-order valence-electron chi connectivity index (χ3n) is 4.05. The van der Waals surface area contributed by atoms with Gasteiger partial charge in [-0.1, -0.05) is 31.9 Å². The van der Waals surface area contributed by atoms with E-state index < -0.39 is 0 Å². The molecule has 2 unspecified atom stereocenters. The fraction of sp³-hybridized carbons (Fsp3) is 0.562. The summed E-state index contributed by atoms with van der Waals surface area (Å²) in [4.78, 5) is 12.0. The van der Waals surface area contributed by atoms with Crippen LogP contribution in [0.4, 0.5) is 10.5 Å². The summed E-state index contributed by atoms with van der Waals surface area (Å²) < 4.78 is 0. The van der Waals surface area contributed by atoms with Gasteiger partial charge in [-0.25, -0.2) is 4.79 Å². The van der Waals surface area contributed by atoms with Crippen LogP contribution in [0.25, 0.3) is 0 Å².